The predicted octanol–water partition coefficient (Wildman–Crippen LogP) is 4.07. The van der Waals surface area contributed by atoms with Crippen molar-refractivity contribution in [3.05, 3.63) is 66.5 Å². The Hall–Kier alpha value is -2.46. The van der Waals surface area contributed by atoms with E-state index in [0.717, 1.165) is 22.2 Å². The summed E-state index contributed by atoms with van der Waals surface area (Å²) in [5, 5.41) is 0. The number of hydrogen-bond acceptors (Lipinski definition) is 2. The van der Waals surface area contributed by atoms with Crippen LogP contribution in [0.1, 0.15) is 5.56 Å². The maximum absolute atomic E-state index is 13.5. The summed E-state index contributed by atoms with van der Waals surface area (Å²) in [6, 6.07) is 12.4. The molecule has 21 heavy (non-hydrogen) atoms. The average Bonchev–Trinajstić information content (AvgIpc) is 2.91. The lowest BCUT2D eigenvalue weighted by Crippen LogP contribution is -1.97. The van der Waals surface area contributed by atoms with Gasteiger partial charge in [-0.05, 0) is 35.9 Å². The minimum Gasteiger partial charge on any atom is -0.373 e. The fourth-order valence-electron chi connectivity index (χ4n) is 2.25. The Kier molecular flexibility index (Phi) is 3.79. The van der Waals surface area contributed by atoms with Gasteiger partial charge in [0.05, 0.1) is 24.2 Å². The highest BCUT2D eigenvalue weighted by Crippen LogP contribution is 2.25. The summed E-state index contributed by atoms with van der Waals surface area (Å²) in [6.07, 6.45) is 1.67. The van der Waals surface area contributed by atoms with E-state index in [2.05, 4.69) is 16.5 Å². The van der Waals surface area contributed by atoms with E-state index in [1.807, 2.05) is 24.3 Å². The van der Waals surface area contributed by atoms with E-state index in [-0.39, 0.29) is 5.82 Å². The Bertz CT molecular complexity index is 746. The molecule has 2 aromatic carbocycles. The number of aromatic amines is 1. The maximum atomic E-state index is 13.5. The third-order valence-corrected chi connectivity index (χ3v) is 3.21. The number of nitrogens with one attached hydrogen (secondary N) is 1. The van der Waals surface area contributed by atoms with Gasteiger partial charge in [0.15, 0.2) is 0 Å². The minimum absolute atomic E-state index is 0.285. The molecule has 0 saturated carbocycles. The molecule has 4 heteroatoms. The quantitative estimate of drug-likeness (QED) is 0.566. The van der Waals surface area contributed by atoms with E-state index in [1.54, 1.807) is 12.1 Å². The van der Waals surface area contributed by atoms with Gasteiger partial charge >= 0.3 is 0 Å². The van der Waals surface area contributed by atoms with Crippen LogP contribution in [0.2, 0.25) is 0 Å². The molecule has 0 aliphatic heterocycles. The molecule has 106 valence electrons. The van der Waals surface area contributed by atoms with Gasteiger partial charge in [-0.15, -0.1) is 6.58 Å². The molecule has 1 N–H and O–H groups in total. The van der Waals surface area contributed by atoms with Crippen LogP contribution in [-0.2, 0) is 11.3 Å². The van der Waals surface area contributed by atoms with E-state index in [4.69, 9.17) is 4.74 Å². The van der Waals surface area contributed by atoms with Gasteiger partial charge in [0, 0.05) is 5.56 Å². The van der Waals surface area contributed by atoms with E-state index in [9.17, 15) is 4.39 Å². The first-order valence-corrected chi connectivity index (χ1v) is 6.70. The normalized spacial score (nSPS) is 10.9. The highest BCUT2D eigenvalue weighted by molar-refractivity contribution is 5.79. The van der Waals surface area contributed by atoms with Gasteiger partial charge in [0.1, 0.15) is 11.6 Å². The van der Waals surface area contributed by atoms with E-state index in [0.29, 0.717) is 19.0 Å². The second-order valence-electron chi connectivity index (χ2n) is 4.71. The lowest BCUT2D eigenvalue weighted by molar-refractivity contribution is 0.149. The topological polar surface area (TPSA) is 37.9 Å². The second-order valence-corrected chi connectivity index (χ2v) is 4.71. The van der Waals surface area contributed by atoms with Crippen molar-refractivity contribution in [1.29, 1.82) is 0 Å². The molecule has 0 spiro atoms. The Labute approximate surface area is 122 Å². The summed E-state index contributed by atoms with van der Waals surface area (Å²) < 4.78 is 18.9. The van der Waals surface area contributed by atoms with Gasteiger partial charge in [-0.25, -0.2) is 9.37 Å². The van der Waals surface area contributed by atoms with Gasteiger partial charge in [-0.3, -0.25) is 0 Å². The van der Waals surface area contributed by atoms with Crippen LogP contribution < -0.4 is 0 Å². The number of ether oxygens (including phenoxy) is 1. The first kappa shape index (κ1) is 13.5. The van der Waals surface area contributed by atoms with Crippen molar-refractivity contribution in [1.82, 2.24) is 9.97 Å². The number of nitrogens with zero attached hydrogens (tertiary/aromatic N) is 1. The largest absolute Gasteiger partial charge is 0.373 e. The lowest BCUT2D eigenvalue weighted by atomic mass is 10.1. The summed E-state index contributed by atoms with van der Waals surface area (Å²) in [4.78, 5) is 7.80. The molecule has 0 aliphatic carbocycles. The van der Waals surface area contributed by atoms with Crippen LogP contribution in [-0.4, -0.2) is 16.6 Å². The first-order valence-electron chi connectivity index (χ1n) is 6.70. The number of halogens is 1. The second kappa shape index (κ2) is 5.89. The van der Waals surface area contributed by atoms with Crippen molar-refractivity contribution in [2.45, 2.75) is 6.61 Å². The zero-order valence-electron chi connectivity index (χ0n) is 11.5. The van der Waals surface area contributed by atoms with E-state index < -0.39 is 0 Å². The number of imidazole rings is 1. The van der Waals surface area contributed by atoms with Crippen molar-refractivity contribution in [2.24, 2.45) is 0 Å². The maximum Gasteiger partial charge on any atom is 0.138 e. The molecule has 0 amide bonds. The number of aromatic nitrogens is 2. The Morgan fingerprint density at radius 2 is 2.10 bits per heavy atom. The van der Waals surface area contributed by atoms with Crippen LogP contribution in [0.4, 0.5) is 4.39 Å². The van der Waals surface area contributed by atoms with Crippen LogP contribution in [0, 0.1) is 5.82 Å². The molecule has 1 heterocycles. The molecule has 3 rings (SSSR count). The highest BCUT2D eigenvalue weighted by Gasteiger charge is 2.11. The molecular weight excluding hydrogens is 267 g/mol. The zero-order chi connectivity index (χ0) is 14.7. The van der Waals surface area contributed by atoms with E-state index >= 15 is 0 Å². The third-order valence-electron chi connectivity index (χ3n) is 3.21. The van der Waals surface area contributed by atoms with Crippen LogP contribution in [0.25, 0.3) is 22.4 Å². The zero-order valence-corrected chi connectivity index (χ0v) is 11.5. The Morgan fingerprint density at radius 3 is 2.90 bits per heavy atom. The summed E-state index contributed by atoms with van der Waals surface area (Å²) in [7, 11) is 0. The number of H-pyrrole nitrogens is 1. The standard InChI is InChI=1S/C17H15FN2O/c1-2-9-21-11-12-10-13(18)7-8-14(12)17-19-15-5-3-4-6-16(15)20-17/h2-8,10H,1,9,11H2,(H,19,20). The SMILES string of the molecule is C=CCOCc1cc(F)ccc1-c1nc2ccccc2[nH]1. The van der Waals surface area contributed by atoms with Gasteiger partial charge in [0.25, 0.3) is 0 Å². The molecule has 3 aromatic rings. The fourth-order valence-corrected chi connectivity index (χ4v) is 2.25. The van der Waals surface area contributed by atoms with Gasteiger partial charge in [-0.2, -0.15) is 0 Å². The Balaban J connectivity index is 2.01. The highest BCUT2D eigenvalue weighted by atomic mass is 19.1. The van der Waals surface area contributed by atoms with Crippen LogP contribution in [0.3, 0.4) is 0 Å². The summed E-state index contributed by atoms with van der Waals surface area (Å²) in [5.41, 5.74) is 3.44. The molecule has 0 fully saturated rings. The molecule has 1 aromatic heterocycles. The monoisotopic (exact) mass is 282 g/mol. The van der Waals surface area contributed by atoms with Crippen molar-refractivity contribution in [3.8, 4) is 11.4 Å². The van der Waals surface area contributed by atoms with Gasteiger partial charge in [0.2, 0.25) is 0 Å². The average molecular weight is 282 g/mol. The molecular formula is C17H15FN2O. The third kappa shape index (κ3) is 2.85. The molecule has 0 saturated heterocycles. The molecule has 0 aliphatic rings. The predicted molar refractivity (Wildman–Crippen MR) is 81.3 cm³/mol. The van der Waals surface area contributed by atoms with Crippen molar-refractivity contribution in [3.63, 3.8) is 0 Å². The smallest absolute Gasteiger partial charge is 0.138 e. The number of benzene rings is 2. The lowest BCUT2D eigenvalue weighted by Gasteiger charge is -2.07. The number of rotatable bonds is 5. The van der Waals surface area contributed by atoms with Gasteiger partial charge < -0.3 is 9.72 Å². The molecule has 3 nitrogen and oxygen atoms in total. The molecule has 0 bridgehead atoms. The van der Waals surface area contributed by atoms with Crippen molar-refractivity contribution >= 4 is 11.0 Å². The minimum atomic E-state index is -0.285. The first-order chi connectivity index (χ1) is 10.3. The van der Waals surface area contributed by atoms with Crippen LogP contribution in [0.5, 0.6) is 0 Å². The summed E-state index contributed by atoms with van der Waals surface area (Å²) in [6.45, 7) is 4.34. The Morgan fingerprint density at radius 1 is 1.24 bits per heavy atom. The summed E-state index contributed by atoms with van der Waals surface area (Å²) >= 11 is 0. The van der Waals surface area contributed by atoms with E-state index in [1.165, 1.54) is 12.1 Å². The van der Waals surface area contributed by atoms with Crippen molar-refractivity contribution in [2.75, 3.05) is 6.61 Å². The van der Waals surface area contributed by atoms with Crippen molar-refractivity contribution < 1.29 is 9.13 Å². The summed E-state index contributed by atoms with van der Waals surface area (Å²) in [5.74, 6) is 0.431. The molecule has 0 atom stereocenters. The number of hydrogen-bond donors (Lipinski definition) is 1. The molecule has 0 unspecified atom stereocenters. The number of para-hydroxylation sites is 2. The fraction of sp³-hybridized carbons (Fsp3) is 0.118. The molecule has 0 radical (unpaired) electrons. The van der Waals surface area contributed by atoms with Crippen LogP contribution in [0.15, 0.2) is 55.1 Å². The van der Waals surface area contributed by atoms with Crippen LogP contribution >= 0.6 is 0 Å². The number of fused-ring (bicyclic) bond motifs is 1. The van der Waals surface area contributed by atoms with Gasteiger partial charge in [-0.1, -0.05) is 18.2 Å².